The fraction of sp³-hybridized carbons (Fsp3) is 0.529. The maximum Gasteiger partial charge on any atom is 0.305 e. The first-order valence-corrected chi connectivity index (χ1v) is 8.08. The molecule has 138 valence electrons. The number of aliphatic carboxylic acids is 1. The van der Waals surface area contributed by atoms with Crippen molar-refractivity contribution in [2.45, 2.75) is 19.0 Å². The second-order valence-corrected chi connectivity index (χ2v) is 5.66. The van der Waals surface area contributed by atoms with E-state index in [4.69, 9.17) is 19.3 Å². The van der Waals surface area contributed by atoms with E-state index in [0.717, 1.165) is 5.56 Å². The van der Waals surface area contributed by atoms with Gasteiger partial charge in [-0.1, -0.05) is 12.1 Å². The number of methoxy groups -OCH3 is 2. The number of hydrogen-bond acceptors (Lipinski definition) is 6. The van der Waals surface area contributed by atoms with Crippen molar-refractivity contribution in [3.05, 3.63) is 23.8 Å². The average Bonchev–Trinajstić information content (AvgIpc) is 2.59. The highest BCUT2D eigenvalue weighted by molar-refractivity contribution is 5.86. The number of piperazine rings is 1. The third-order valence-electron chi connectivity index (χ3n) is 4.00. The summed E-state index contributed by atoms with van der Waals surface area (Å²) >= 11 is 0. The van der Waals surface area contributed by atoms with Crippen molar-refractivity contribution in [1.82, 2.24) is 10.2 Å². The fourth-order valence-corrected chi connectivity index (χ4v) is 2.79. The Kier molecular flexibility index (Phi) is 7.03. The van der Waals surface area contributed by atoms with Gasteiger partial charge in [0.25, 0.3) is 0 Å². The molecule has 1 fully saturated rings. The van der Waals surface area contributed by atoms with E-state index in [1.165, 1.54) is 0 Å². The van der Waals surface area contributed by atoms with Crippen LogP contribution in [0.15, 0.2) is 18.2 Å². The molecule has 0 spiro atoms. The van der Waals surface area contributed by atoms with Gasteiger partial charge in [-0.05, 0) is 6.07 Å². The zero-order valence-corrected chi connectivity index (χ0v) is 14.5. The van der Waals surface area contributed by atoms with Gasteiger partial charge in [-0.25, -0.2) is 0 Å². The van der Waals surface area contributed by atoms with Crippen LogP contribution in [0.1, 0.15) is 12.0 Å². The van der Waals surface area contributed by atoms with Gasteiger partial charge < -0.3 is 24.6 Å². The minimum absolute atomic E-state index is 0.240. The molecule has 0 radical (unpaired) electrons. The van der Waals surface area contributed by atoms with Crippen LogP contribution in [-0.4, -0.2) is 68.4 Å². The Balaban J connectivity index is 2.21. The highest BCUT2D eigenvalue weighted by Crippen LogP contribution is 2.32. The normalized spacial score (nSPS) is 17.8. The molecule has 1 unspecified atom stereocenters. The number of hydrogen-bond donors (Lipinski definition) is 2. The summed E-state index contributed by atoms with van der Waals surface area (Å²) in [6.07, 6.45) is -0.240. The number of nitrogens with zero attached hydrogens (tertiary/aromatic N) is 1. The molecule has 1 aliphatic rings. The Hall–Kier alpha value is -2.32. The van der Waals surface area contributed by atoms with E-state index in [9.17, 15) is 9.59 Å². The van der Waals surface area contributed by atoms with Crippen LogP contribution in [0.5, 0.6) is 11.5 Å². The van der Waals surface area contributed by atoms with Gasteiger partial charge >= 0.3 is 5.97 Å². The Labute approximate surface area is 146 Å². The lowest BCUT2D eigenvalue weighted by Gasteiger charge is -2.34. The SMILES string of the molecule is COCCOc1c(CN2CCNC(=O)C2CC(=O)O)cccc1OC. The molecule has 0 bridgehead atoms. The lowest BCUT2D eigenvalue weighted by Crippen LogP contribution is -2.55. The minimum atomic E-state index is -1.01. The second-order valence-electron chi connectivity index (χ2n) is 5.66. The number of benzene rings is 1. The Morgan fingerprint density at radius 2 is 2.16 bits per heavy atom. The van der Waals surface area contributed by atoms with Crippen LogP contribution in [0.3, 0.4) is 0 Å². The largest absolute Gasteiger partial charge is 0.493 e. The molecule has 0 saturated carbocycles. The first-order valence-electron chi connectivity index (χ1n) is 8.08. The smallest absolute Gasteiger partial charge is 0.305 e. The molecule has 1 aliphatic heterocycles. The van der Waals surface area contributed by atoms with Crippen LogP contribution >= 0.6 is 0 Å². The summed E-state index contributed by atoms with van der Waals surface area (Å²) in [5, 5.41) is 11.8. The molecule has 1 heterocycles. The fourth-order valence-electron chi connectivity index (χ4n) is 2.79. The predicted molar refractivity (Wildman–Crippen MR) is 89.8 cm³/mol. The molecular weight excluding hydrogens is 328 g/mol. The molecule has 1 aromatic rings. The summed E-state index contributed by atoms with van der Waals surface area (Å²) in [5.41, 5.74) is 0.834. The van der Waals surface area contributed by atoms with E-state index in [2.05, 4.69) is 5.32 Å². The van der Waals surface area contributed by atoms with Gasteiger partial charge in [0.15, 0.2) is 11.5 Å². The summed E-state index contributed by atoms with van der Waals surface area (Å²) in [6.45, 7) is 2.25. The molecule has 8 heteroatoms. The van der Waals surface area contributed by atoms with Gasteiger partial charge in [-0.15, -0.1) is 0 Å². The number of carboxylic acid groups (broad SMARTS) is 1. The van der Waals surface area contributed by atoms with E-state index in [-0.39, 0.29) is 12.3 Å². The number of carboxylic acids is 1. The monoisotopic (exact) mass is 352 g/mol. The van der Waals surface area contributed by atoms with E-state index in [1.54, 1.807) is 20.3 Å². The van der Waals surface area contributed by atoms with Crippen molar-refractivity contribution in [1.29, 1.82) is 0 Å². The molecule has 2 rings (SSSR count). The molecule has 1 atom stereocenters. The van der Waals surface area contributed by atoms with E-state index >= 15 is 0 Å². The van der Waals surface area contributed by atoms with Crippen molar-refractivity contribution in [3.8, 4) is 11.5 Å². The molecule has 8 nitrogen and oxygen atoms in total. The lowest BCUT2D eigenvalue weighted by molar-refractivity contribution is -0.143. The van der Waals surface area contributed by atoms with Crippen LogP contribution in [0.25, 0.3) is 0 Å². The Morgan fingerprint density at radius 3 is 2.84 bits per heavy atom. The van der Waals surface area contributed by atoms with Gasteiger partial charge in [0, 0.05) is 32.3 Å². The molecule has 2 N–H and O–H groups in total. The van der Waals surface area contributed by atoms with Gasteiger partial charge in [0.1, 0.15) is 12.6 Å². The number of ether oxygens (including phenoxy) is 3. The number of amides is 1. The van der Waals surface area contributed by atoms with E-state index in [0.29, 0.717) is 44.3 Å². The van der Waals surface area contributed by atoms with Crippen LogP contribution in [0, 0.1) is 0 Å². The molecule has 0 aromatic heterocycles. The maximum absolute atomic E-state index is 12.1. The summed E-state index contributed by atoms with van der Waals surface area (Å²) in [4.78, 5) is 25.0. The maximum atomic E-state index is 12.1. The van der Waals surface area contributed by atoms with Gasteiger partial charge in [0.2, 0.25) is 5.91 Å². The highest BCUT2D eigenvalue weighted by atomic mass is 16.5. The van der Waals surface area contributed by atoms with Crippen LogP contribution < -0.4 is 14.8 Å². The Morgan fingerprint density at radius 1 is 1.36 bits per heavy atom. The van der Waals surface area contributed by atoms with Gasteiger partial charge in [0.05, 0.1) is 20.1 Å². The number of rotatable bonds is 9. The third kappa shape index (κ3) is 5.07. The van der Waals surface area contributed by atoms with E-state index < -0.39 is 12.0 Å². The number of para-hydroxylation sites is 1. The Bertz CT molecular complexity index is 607. The van der Waals surface area contributed by atoms with Crippen molar-refractivity contribution >= 4 is 11.9 Å². The summed E-state index contributed by atoms with van der Waals surface area (Å²) in [7, 11) is 3.15. The van der Waals surface area contributed by atoms with Crippen molar-refractivity contribution < 1.29 is 28.9 Å². The zero-order valence-electron chi connectivity index (χ0n) is 14.5. The first-order chi connectivity index (χ1) is 12.1. The second kappa shape index (κ2) is 9.24. The topological polar surface area (TPSA) is 97.3 Å². The van der Waals surface area contributed by atoms with Crippen molar-refractivity contribution in [3.63, 3.8) is 0 Å². The zero-order chi connectivity index (χ0) is 18.2. The third-order valence-corrected chi connectivity index (χ3v) is 4.00. The van der Waals surface area contributed by atoms with Crippen LogP contribution in [0.4, 0.5) is 0 Å². The number of carbonyl (C=O) groups excluding carboxylic acids is 1. The quantitative estimate of drug-likeness (QED) is 0.625. The molecule has 1 saturated heterocycles. The number of nitrogens with one attached hydrogen (secondary N) is 1. The summed E-state index contributed by atoms with van der Waals surface area (Å²) < 4.78 is 16.2. The van der Waals surface area contributed by atoms with Crippen molar-refractivity contribution in [2.75, 3.05) is 40.5 Å². The molecule has 0 aliphatic carbocycles. The lowest BCUT2D eigenvalue weighted by atomic mass is 10.1. The van der Waals surface area contributed by atoms with Crippen LogP contribution in [-0.2, 0) is 20.9 Å². The standard InChI is InChI=1S/C17H24N2O6/c1-23-8-9-25-16-12(4-3-5-14(16)24-2)11-19-7-6-18-17(22)13(19)10-15(20)21/h3-5,13H,6-11H2,1-2H3,(H,18,22)(H,20,21). The van der Waals surface area contributed by atoms with Gasteiger partial charge in [-0.2, -0.15) is 0 Å². The predicted octanol–water partition coefficient (Wildman–Crippen LogP) is 0.496. The molecule has 1 amide bonds. The molecule has 1 aromatic carbocycles. The molecule has 25 heavy (non-hydrogen) atoms. The van der Waals surface area contributed by atoms with Crippen LogP contribution in [0.2, 0.25) is 0 Å². The first kappa shape index (κ1) is 19.0. The summed E-state index contributed by atoms with van der Waals surface area (Å²) in [6, 6.07) is 4.82. The van der Waals surface area contributed by atoms with E-state index in [1.807, 2.05) is 17.0 Å². The highest BCUT2D eigenvalue weighted by Gasteiger charge is 2.32. The minimum Gasteiger partial charge on any atom is -0.493 e. The van der Waals surface area contributed by atoms with Gasteiger partial charge in [-0.3, -0.25) is 14.5 Å². The van der Waals surface area contributed by atoms with Crippen molar-refractivity contribution in [2.24, 2.45) is 0 Å². The molecular formula is C17H24N2O6. The summed E-state index contributed by atoms with van der Waals surface area (Å²) in [5.74, 6) is -0.0976. The number of carbonyl (C=O) groups is 2. The average molecular weight is 352 g/mol.